The Balaban J connectivity index is 3.90. The number of carbonyl (C=O) groups excluding carboxylic acids is 1. The van der Waals surface area contributed by atoms with E-state index in [4.69, 9.17) is 9.84 Å². The molecule has 0 amide bonds. The van der Waals surface area contributed by atoms with Crippen LogP contribution in [0.4, 0.5) is 0 Å². The maximum atomic E-state index is 10.0. The van der Waals surface area contributed by atoms with E-state index < -0.39 is 18.3 Å². The van der Waals surface area contributed by atoms with Gasteiger partial charge >= 0.3 is 0 Å². The lowest BCUT2D eigenvalue weighted by Gasteiger charge is -2.21. The summed E-state index contributed by atoms with van der Waals surface area (Å²) in [6.07, 6.45) is -1.72. The maximum Gasteiger partial charge on any atom is 0.122 e. The first-order chi connectivity index (χ1) is 5.13. The molecule has 66 valence electrons. The normalized spacial score (nSPS) is 18.9. The molecule has 4 nitrogen and oxygen atoms in total. The number of ether oxygens (including phenoxy) is 1. The Morgan fingerprint density at radius 1 is 1.55 bits per heavy atom. The summed E-state index contributed by atoms with van der Waals surface area (Å²) in [5, 5.41) is 18.1. The Hall–Kier alpha value is -0.450. The first kappa shape index (κ1) is 10.6. The summed E-state index contributed by atoms with van der Waals surface area (Å²) in [5.74, 6) is 0. The quantitative estimate of drug-likeness (QED) is 0.526. The summed E-state index contributed by atoms with van der Waals surface area (Å²) < 4.78 is 4.77. The molecule has 0 aromatic rings. The number of hydrogen-bond acceptors (Lipinski definition) is 4. The van der Waals surface area contributed by atoms with Gasteiger partial charge in [-0.2, -0.15) is 0 Å². The van der Waals surface area contributed by atoms with Gasteiger partial charge in [-0.1, -0.05) is 0 Å². The van der Waals surface area contributed by atoms with Crippen LogP contribution >= 0.6 is 0 Å². The van der Waals surface area contributed by atoms with Crippen LogP contribution in [0.5, 0.6) is 0 Å². The minimum absolute atomic E-state index is 0.0998. The molecule has 0 saturated carbocycles. The molecule has 3 atom stereocenters. The summed E-state index contributed by atoms with van der Waals surface area (Å²) in [5.41, 5.74) is 0. The fraction of sp³-hybridized carbons (Fsp3) is 0.857. The van der Waals surface area contributed by atoms with Crippen molar-refractivity contribution in [1.82, 2.24) is 0 Å². The van der Waals surface area contributed by atoms with Gasteiger partial charge in [-0.15, -0.1) is 0 Å². The summed E-state index contributed by atoms with van der Waals surface area (Å²) in [4.78, 5) is 10.0. The lowest BCUT2D eigenvalue weighted by molar-refractivity contribution is -0.115. The number of hydrogen-bond donors (Lipinski definition) is 2. The largest absolute Gasteiger partial charge is 0.391 e. The Kier molecular flexibility index (Phi) is 5.02. The third-order valence-corrected chi connectivity index (χ3v) is 1.51. The van der Waals surface area contributed by atoms with Gasteiger partial charge in [0.25, 0.3) is 0 Å². The predicted molar refractivity (Wildman–Crippen MR) is 39.2 cm³/mol. The Morgan fingerprint density at radius 3 is 2.36 bits per heavy atom. The number of rotatable bonds is 5. The van der Waals surface area contributed by atoms with Crippen molar-refractivity contribution in [3.05, 3.63) is 0 Å². The number of methoxy groups -OCH3 is 1. The van der Waals surface area contributed by atoms with E-state index in [1.54, 1.807) is 0 Å². The van der Waals surface area contributed by atoms with E-state index in [2.05, 4.69) is 0 Å². The van der Waals surface area contributed by atoms with Gasteiger partial charge in [-0.3, -0.25) is 0 Å². The molecule has 0 aromatic heterocycles. The van der Waals surface area contributed by atoms with Crippen LogP contribution < -0.4 is 0 Å². The van der Waals surface area contributed by atoms with Crippen LogP contribution in [0, 0.1) is 0 Å². The van der Waals surface area contributed by atoms with Crippen molar-refractivity contribution < 1.29 is 19.7 Å². The molecule has 0 aliphatic carbocycles. The monoisotopic (exact) mass is 162 g/mol. The lowest BCUT2D eigenvalue weighted by atomic mass is 10.1. The summed E-state index contributed by atoms with van der Waals surface area (Å²) in [6.45, 7) is 1.45. The van der Waals surface area contributed by atoms with Crippen LogP contribution in [0.2, 0.25) is 0 Å². The average Bonchev–Trinajstić information content (AvgIpc) is 1.98. The molecule has 0 aliphatic heterocycles. The second-order valence-electron chi connectivity index (χ2n) is 2.41. The molecule has 0 rings (SSSR count). The van der Waals surface area contributed by atoms with E-state index >= 15 is 0 Å². The van der Waals surface area contributed by atoms with Gasteiger partial charge in [0.2, 0.25) is 0 Å². The van der Waals surface area contributed by atoms with Crippen molar-refractivity contribution in [2.24, 2.45) is 0 Å². The topological polar surface area (TPSA) is 66.8 Å². The zero-order valence-electron chi connectivity index (χ0n) is 6.73. The fourth-order valence-electron chi connectivity index (χ4n) is 0.781. The number of aliphatic hydroxyl groups is 2. The molecular weight excluding hydrogens is 148 g/mol. The van der Waals surface area contributed by atoms with Crippen molar-refractivity contribution >= 4 is 6.29 Å². The molecule has 4 heteroatoms. The molecular formula is C7H14O4. The lowest BCUT2D eigenvalue weighted by Crippen LogP contribution is -2.37. The van der Waals surface area contributed by atoms with Crippen LogP contribution in [0.25, 0.3) is 0 Å². The molecule has 0 saturated heterocycles. The van der Waals surface area contributed by atoms with Crippen molar-refractivity contribution in [2.75, 3.05) is 7.11 Å². The number of carbonyl (C=O) groups is 1. The minimum Gasteiger partial charge on any atom is -0.391 e. The van der Waals surface area contributed by atoms with Crippen molar-refractivity contribution in [3.63, 3.8) is 0 Å². The molecule has 0 unspecified atom stereocenters. The van der Waals surface area contributed by atoms with Gasteiger partial charge in [0.1, 0.15) is 12.4 Å². The second kappa shape index (κ2) is 5.23. The Labute approximate surface area is 65.8 Å². The van der Waals surface area contributed by atoms with E-state index in [1.807, 2.05) is 0 Å². The van der Waals surface area contributed by atoms with Gasteiger partial charge in [-0.05, 0) is 6.92 Å². The molecule has 11 heavy (non-hydrogen) atoms. The highest BCUT2D eigenvalue weighted by atomic mass is 16.5. The van der Waals surface area contributed by atoms with E-state index in [0.29, 0.717) is 6.29 Å². The highest BCUT2D eigenvalue weighted by Gasteiger charge is 2.22. The molecule has 0 aromatic carbocycles. The number of aliphatic hydroxyl groups excluding tert-OH is 2. The molecule has 0 heterocycles. The predicted octanol–water partition coefficient (Wildman–Crippen LogP) is -0.668. The molecule has 2 N–H and O–H groups in total. The SMILES string of the molecule is CO[C@@H](CC=O)[C@H](O)[C@@H](C)O. The van der Waals surface area contributed by atoms with Crippen molar-refractivity contribution in [2.45, 2.75) is 31.7 Å². The zero-order valence-corrected chi connectivity index (χ0v) is 6.73. The van der Waals surface area contributed by atoms with E-state index in [9.17, 15) is 9.90 Å². The van der Waals surface area contributed by atoms with Gasteiger partial charge in [0, 0.05) is 13.5 Å². The molecule has 0 spiro atoms. The van der Waals surface area contributed by atoms with Gasteiger partial charge in [0.05, 0.1) is 12.2 Å². The Bertz CT molecular complexity index is 113. The van der Waals surface area contributed by atoms with Gasteiger partial charge < -0.3 is 19.7 Å². The highest BCUT2D eigenvalue weighted by Crippen LogP contribution is 2.05. The zero-order chi connectivity index (χ0) is 8.85. The Morgan fingerprint density at radius 2 is 2.09 bits per heavy atom. The standard InChI is InChI=1S/C7H14O4/c1-5(9)7(10)6(11-2)3-4-8/h4-7,9-10H,3H2,1-2H3/t5-,6+,7-/m1/s1. The van der Waals surface area contributed by atoms with Crippen molar-refractivity contribution in [1.29, 1.82) is 0 Å². The molecule has 0 radical (unpaired) electrons. The third kappa shape index (κ3) is 3.46. The average molecular weight is 162 g/mol. The first-order valence-electron chi connectivity index (χ1n) is 3.46. The smallest absolute Gasteiger partial charge is 0.122 e. The third-order valence-electron chi connectivity index (χ3n) is 1.51. The molecule has 0 fully saturated rings. The molecule has 0 aliphatic rings. The van der Waals surface area contributed by atoms with E-state index in [-0.39, 0.29) is 6.42 Å². The number of aldehydes is 1. The van der Waals surface area contributed by atoms with Crippen LogP contribution in [0.3, 0.4) is 0 Å². The minimum atomic E-state index is -0.995. The second-order valence-corrected chi connectivity index (χ2v) is 2.41. The summed E-state index contributed by atoms with van der Waals surface area (Å²) >= 11 is 0. The summed E-state index contributed by atoms with van der Waals surface area (Å²) in [7, 11) is 1.39. The fourth-order valence-corrected chi connectivity index (χ4v) is 0.781. The first-order valence-corrected chi connectivity index (χ1v) is 3.46. The van der Waals surface area contributed by atoms with Crippen LogP contribution in [-0.4, -0.2) is 41.9 Å². The molecule has 0 bridgehead atoms. The van der Waals surface area contributed by atoms with Crippen LogP contribution in [0.1, 0.15) is 13.3 Å². The summed E-state index contributed by atoms with van der Waals surface area (Å²) in [6, 6.07) is 0. The van der Waals surface area contributed by atoms with E-state index in [0.717, 1.165) is 0 Å². The highest BCUT2D eigenvalue weighted by molar-refractivity contribution is 5.50. The maximum absolute atomic E-state index is 10.0. The van der Waals surface area contributed by atoms with Crippen LogP contribution in [-0.2, 0) is 9.53 Å². The van der Waals surface area contributed by atoms with E-state index in [1.165, 1.54) is 14.0 Å². The van der Waals surface area contributed by atoms with Gasteiger partial charge in [-0.25, -0.2) is 0 Å². The van der Waals surface area contributed by atoms with Crippen molar-refractivity contribution in [3.8, 4) is 0 Å². The van der Waals surface area contributed by atoms with Crippen LogP contribution in [0.15, 0.2) is 0 Å². The van der Waals surface area contributed by atoms with Gasteiger partial charge in [0.15, 0.2) is 0 Å².